The summed E-state index contributed by atoms with van der Waals surface area (Å²) in [6.45, 7) is 3.76. The van der Waals surface area contributed by atoms with Crippen LogP contribution >= 0.6 is 0 Å². The predicted molar refractivity (Wildman–Crippen MR) is 75.9 cm³/mol. The zero-order valence-corrected chi connectivity index (χ0v) is 11.5. The van der Waals surface area contributed by atoms with E-state index in [1.54, 1.807) is 7.05 Å². The number of nitrogens with zero attached hydrogens (tertiary/aromatic N) is 2. The third-order valence-electron chi connectivity index (χ3n) is 2.83. The van der Waals surface area contributed by atoms with Crippen molar-refractivity contribution in [1.29, 1.82) is 0 Å². The quantitative estimate of drug-likeness (QED) is 0.643. The van der Waals surface area contributed by atoms with Crippen LogP contribution in [-0.2, 0) is 0 Å². The molecule has 2 N–H and O–H groups in total. The number of aryl methyl sites for hydroxylation is 1. The maximum Gasteiger partial charge on any atom is 0.276 e. The fourth-order valence-electron chi connectivity index (χ4n) is 1.80. The Bertz CT molecular complexity index is 624. The van der Waals surface area contributed by atoms with Crippen molar-refractivity contribution in [2.45, 2.75) is 19.9 Å². The van der Waals surface area contributed by atoms with Crippen LogP contribution in [0.3, 0.4) is 0 Å². The minimum atomic E-state index is -0.449. The highest BCUT2D eigenvalue weighted by molar-refractivity contribution is 5.54. The van der Waals surface area contributed by atoms with Gasteiger partial charge in [0.05, 0.1) is 23.1 Å². The van der Waals surface area contributed by atoms with Gasteiger partial charge in [-0.3, -0.25) is 10.1 Å². The molecule has 0 saturated heterocycles. The van der Waals surface area contributed by atoms with Gasteiger partial charge in [0.15, 0.2) is 0 Å². The molecule has 2 aromatic rings. The van der Waals surface area contributed by atoms with Crippen molar-refractivity contribution >= 4 is 17.3 Å². The van der Waals surface area contributed by atoms with Crippen LogP contribution in [0.15, 0.2) is 28.7 Å². The molecule has 2 rings (SSSR count). The van der Waals surface area contributed by atoms with Gasteiger partial charge in [0.1, 0.15) is 23.2 Å². The van der Waals surface area contributed by atoms with Gasteiger partial charge in [-0.25, -0.2) is 4.98 Å². The Kier molecular flexibility index (Phi) is 3.88. The lowest BCUT2D eigenvalue weighted by molar-refractivity contribution is -0.384. The largest absolute Gasteiger partial charge is 0.464 e. The van der Waals surface area contributed by atoms with E-state index in [4.69, 9.17) is 4.42 Å². The summed E-state index contributed by atoms with van der Waals surface area (Å²) >= 11 is 0. The van der Waals surface area contributed by atoms with Crippen LogP contribution in [0.2, 0.25) is 0 Å². The summed E-state index contributed by atoms with van der Waals surface area (Å²) in [5.41, 5.74) is -0.0188. The summed E-state index contributed by atoms with van der Waals surface area (Å²) in [6.07, 6.45) is 0. The number of hydrogen-bond acceptors (Lipinski definition) is 6. The molecular formula is C13H16N4O3. The van der Waals surface area contributed by atoms with Crippen molar-refractivity contribution in [3.8, 4) is 0 Å². The van der Waals surface area contributed by atoms with E-state index < -0.39 is 4.92 Å². The van der Waals surface area contributed by atoms with Crippen LogP contribution in [0, 0.1) is 17.0 Å². The Labute approximate surface area is 116 Å². The lowest BCUT2D eigenvalue weighted by Gasteiger charge is -2.13. The van der Waals surface area contributed by atoms with Gasteiger partial charge in [0.25, 0.3) is 5.69 Å². The molecule has 0 aliphatic heterocycles. The fourth-order valence-corrected chi connectivity index (χ4v) is 1.80. The topological polar surface area (TPSA) is 93.2 Å². The lowest BCUT2D eigenvalue weighted by atomic mass is 10.2. The zero-order valence-electron chi connectivity index (χ0n) is 11.5. The average Bonchev–Trinajstić information content (AvgIpc) is 2.85. The second-order valence-corrected chi connectivity index (χ2v) is 4.42. The van der Waals surface area contributed by atoms with Crippen molar-refractivity contribution in [3.63, 3.8) is 0 Å². The highest BCUT2D eigenvalue weighted by Gasteiger charge is 2.14. The molecule has 7 nitrogen and oxygen atoms in total. The second-order valence-electron chi connectivity index (χ2n) is 4.42. The van der Waals surface area contributed by atoms with E-state index in [-0.39, 0.29) is 11.7 Å². The van der Waals surface area contributed by atoms with E-state index in [1.807, 2.05) is 26.0 Å². The van der Waals surface area contributed by atoms with Gasteiger partial charge in [-0.15, -0.1) is 0 Å². The van der Waals surface area contributed by atoms with E-state index in [0.29, 0.717) is 11.6 Å². The summed E-state index contributed by atoms with van der Waals surface area (Å²) in [5.74, 6) is 2.42. The number of aromatic nitrogens is 1. The van der Waals surface area contributed by atoms with Gasteiger partial charge >= 0.3 is 0 Å². The molecule has 0 fully saturated rings. The van der Waals surface area contributed by atoms with Crippen LogP contribution in [0.1, 0.15) is 24.5 Å². The number of pyridine rings is 1. The Morgan fingerprint density at radius 3 is 2.60 bits per heavy atom. The number of nitrogens with one attached hydrogen (secondary N) is 2. The third kappa shape index (κ3) is 3.05. The van der Waals surface area contributed by atoms with Crippen LogP contribution in [0.4, 0.5) is 17.3 Å². The Balaban J connectivity index is 2.24. The van der Waals surface area contributed by atoms with Gasteiger partial charge in [-0.05, 0) is 26.0 Å². The standard InChI is InChI=1S/C13H16N4O3/c1-8-4-5-11(20-8)9(2)15-13-7-10(17(18)19)6-12(14-3)16-13/h4-7,9H,1-3H3,(H2,14,15,16). The second kappa shape index (κ2) is 5.60. The zero-order chi connectivity index (χ0) is 14.7. The van der Waals surface area contributed by atoms with Gasteiger partial charge < -0.3 is 15.1 Å². The number of rotatable bonds is 5. The molecule has 20 heavy (non-hydrogen) atoms. The highest BCUT2D eigenvalue weighted by Crippen LogP contribution is 2.24. The average molecular weight is 276 g/mol. The van der Waals surface area contributed by atoms with E-state index in [0.717, 1.165) is 11.5 Å². The van der Waals surface area contributed by atoms with Gasteiger partial charge in [-0.2, -0.15) is 0 Å². The van der Waals surface area contributed by atoms with Crippen LogP contribution in [0.5, 0.6) is 0 Å². The molecule has 0 spiro atoms. The van der Waals surface area contributed by atoms with Gasteiger partial charge in [0.2, 0.25) is 0 Å². The lowest BCUT2D eigenvalue weighted by Crippen LogP contribution is -2.08. The number of hydrogen-bond donors (Lipinski definition) is 2. The normalized spacial score (nSPS) is 11.9. The molecule has 0 radical (unpaired) electrons. The molecule has 0 aliphatic carbocycles. The van der Waals surface area contributed by atoms with Crippen molar-refractivity contribution in [1.82, 2.24) is 4.98 Å². The van der Waals surface area contributed by atoms with Gasteiger partial charge in [-0.1, -0.05) is 0 Å². The first-order chi connectivity index (χ1) is 9.49. The maximum atomic E-state index is 10.9. The van der Waals surface area contributed by atoms with Crippen LogP contribution in [0.25, 0.3) is 0 Å². The predicted octanol–water partition coefficient (Wildman–Crippen LogP) is 3.11. The van der Waals surface area contributed by atoms with E-state index in [9.17, 15) is 10.1 Å². The molecule has 0 aromatic carbocycles. The molecule has 0 saturated carbocycles. The Morgan fingerprint density at radius 1 is 1.35 bits per heavy atom. The molecule has 106 valence electrons. The Hall–Kier alpha value is -2.57. The van der Waals surface area contributed by atoms with E-state index in [2.05, 4.69) is 15.6 Å². The molecular weight excluding hydrogens is 260 g/mol. The van der Waals surface area contributed by atoms with Gasteiger partial charge in [0, 0.05) is 7.05 Å². The summed E-state index contributed by atoms with van der Waals surface area (Å²) in [4.78, 5) is 14.7. The molecule has 0 aliphatic rings. The first-order valence-corrected chi connectivity index (χ1v) is 6.16. The molecule has 0 bridgehead atoms. The van der Waals surface area contributed by atoms with Crippen molar-refractivity contribution < 1.29 is 9.34 Å². The number of anilines is 2. The maximum absolute atomic E-state index is 10.9. The monoisotopic (exact) mass is 276 g/mol. The third-order valence-corrected chi connectivity index (χ3v) is 2.83. The van der Waals surface area contributed by atoms with Crippen molar-refractivity contribution in [3.05, 3.63) is 45.9 Å². The smallest absolute Gasteiger partial charge is 0.276 e. The summed E-state index contributed by atoms with van der Waals surface area (Å²) in [5, 5.41) is 16.8. The van der Waals surface area contributed by atoms with Crippen molar-refractivity contribution in [2.24, 2.45) is 0 Å². The first kappa shape index (κ1) is 13.9. The number of furan rings is 1. The minimum absolute atomic E-state index is 0.0188. The molecule has 2 aromatic heterocycles. The SMILES string of the molecule is CNc1cc([N+](=O)[O-])cc(NC(C)c2ccc(C)o2)n1. The fraction of sp³-hybridized carbons (Fsp3) is 0.308. The summed E-state index contributed by atoms with van der Waals surface area (Å²) in [6, 6.07) is 6.37. The van der Waals surface area contributed by atoms with Crippen LogP contribution in [-0.4, -0.2) is 17.0 Å². The summed E-state index contributed by atoms with van der Waals surface area (Å²) < 4.78 is 5.51. The van der Waals surface area contributed by atoms with E-state index >= 15 is 0 Å². The first-order valence-electron chi connectivity index (χ1n) is 6.16. The molecule has 0 amide bonds. The highest BCUT2D eigenvalue weighted by atomic mass is 16.6. The minimum Gasteiger partial charge on any atom is -0.464 e. The molecule has 1 atom stereocenters. The molecule has 1 unspecified atom stereocenters. The number of nitro groups is 1. The van der Waals surface area contributed by atoms with Crippen molar-refractivity contribution in [2.75, 3.05) is 17.7 Å². The van der Waals surface area contributed by atoms with E-state index in [1.165, 1.54) is 12.1 Å². The Morgan fingerprint density at radius 2 is 2.05 bits per heavy atom. The van der Waals surface area contributed by atoms with Crippen LogP contribution < -0.4 is 10.6 Å². The molecule has 7 heteroatoms. The molecule has 2 heterocycles. The summed E-state index contributed by atoms with van der Waals surface area (Å²) in [7, 11) is 1.66.